The lowest BCUT2D eigenvalue weighted by molar-refractivity contribution is 0.0513. The van der Waals surface area contributed by atoms with Crippen molar-refractivity contribution in [2.24, 2.45) is 0 Å². The number of nitrogens with zero attached hydrogens (tertiary/aromatic N) is 1. The van der Waals surface area contributed by atoms with Crippen LogP contribution in [0.4, 0.5) is 9.18 Å². The van der Waals surface area contributed by atoms with E-state index in [1.807, 2.05) is 0 Å². The molecule has 4 nitrogen and oxygen atoms in total. The molecule has 1 N–H and O–H groups in total. The number of hydrogen-bond donors (Lipinski definition) is 1. The summed E-state index contributed by atoms with van der Waals surface area (Å²) < 4.78 is 19.0. The highest BCUT2D eigenvalue weighted by molar-refractivity contribution is 5.75. The lowest BCUT2D eigenvalue weighted by Gasteiger charge is -2.33. The number of halogens is 1. The maximum Gasteiger partial charge on any atom is 0.318 e. The van der Waals surface area contributed by atoms with E-state index in [0.29, 0.717) is 31.9 Å². The fourth-order valence-electron chi connectivity index (χ4n) is 2.15. The number of nitrogens with one attached hydrogen (secondary N) is 1. The van der Waals surface area contributed by atoms with Gasteiger partial charge >= 0.3 is 6.03 Å². The molecule has 0 aliphatic carbocycles. The fraction of sp³-hybridized carbons (Fsp3) is 0.500. The monoisotopic (exact) mass is 266 g/mol. The Bertz CT molecular complexity index is 457. The first-order chi connectivity index (χ1) is 9.00. The molecule has 104 valence electrons. The number of benzene rings is 1. The molecule has 1 saturated heterocycles. The van der Waals surface area contributed by atoms with Crippen molar-refractivity contribution in [2.75, 3.05) is 26.3 Å². The van der Waals surface area contributed by atoms with E-state index in [0.717, 1.165) is 0 Å². The number of urea groups is 1. The van der Waals surface area contributed by atoms with Crippen molar-refractivity contribution in [2.45, 2.75) is 19.4 Å². The Morgan fingerprint density at radius 2 is 1.95 bits per heavy atom. The maximum absolute atomic E-state index is 13.8. The molecular weight excluding hydrogens is 247 g/mol. The standard InChI is InChI=1S/C14H19FN2O2/c1-14(2,11-5-3-4-6-12(11)15)16-13(18)17-7-9-19-10-8-17/h3-6H,7-10H2,1-2H3,(H,16,18). The van der Waals surface area contributed by atoms with Gasteiger partial charge in [-0.25, -0.2) is 9.18 Å². The van der Waals surface area contributed by atoms with Crippen LogP contribution in [0.3, 0.4) is 0 Å². The number of carbonyl (C=O) groups excluding carboxylic acids is 1. The van der Waals surface area contributed by atoms with Gasteiger partial charge in [-0.3, -0.25) is 0 Å². The molecule has 2 amide bonds. The smallest absolute Gasteiger partial charge is 0.318 e. The summed E-state index contributed by atoms with van der Waals surface area (Å²) in [4.78, 5) is 13.8. The van der Waals surface area contributed by atoms with Crippen molar-refractivity contribution in [3.05, 3.63) is 35.6 Å². The number of ether oxygens (including phenoxy) is 1. The van der Waals surface area contributed by atoms with Gasteiger partial charge in [0.25, 0.3) is 0 Å². The molecule has 0 unspecified atom stereocenters. The zero-order valence-corrected chi connectivity index (χ0v) is 11.3. The number of carbonyl (C=O) groups is 1. The largest absolute Gasteiger partial charge is 0.378 e. The zero-order chi connectivity index (χ0) is 13.9. The molecule has 1 aromatic rings. The lowest BCUT2D eigenvalue weighted by Crippen LogP contribution is -2.51. The van der Waals surface area contributed by atoms with Crippen molar-refractivity contribution < 1.29 is 13.9 Å². The van der Waals surface area contributed by atoms with Gasteiger partial charge in [0, 0.05) is 18.7 Å². The molecule has 1 aliphatic heterocycles. The van der Waals surface area contributed by atoms with E-state index < -0.39 is 5.54 Å². The molecule has 0 saturated carbocycles. The van der Waals surface area contributed by atoms with Gasteiger partial charge in [-0.15, -0.1) is 0 Å². The SMILES string of the molecule is CC(C)(NC(=O)N1CCOCC1)c1ccccc1F. The van der Waals surface area contributed by atoms with Gasteiger partial charge in [-0.1, -0.05) is 18.2 Å². The summed E-state index contributed by atoms with van der Waals surface area (Å²) in [7, 11) is 0. The van der Waals surface area contributed by atoms with Crippen molar-refractivity contribution in [1.29, 1.82) is 0 Å². The molecule has 1 aliphatic rings. The molecule has 0 radical (unpaired) electrons. The maximum atomic E-state index is 13.8. The molecule has 5 heteroatoms. The van der Waals surface area contributed by atoms with Crippen molar-refractivity contribution in [1.82, 2.24) is 10.2 Å². The summed E-state index contributed by atoms with van der Waals surface area (Å²) in [6.07, 6.45) is 0. The van der Waals surface area contributed by atoms with Gasteiger partial charge < -0.3 is 15.0 Å². The third kappa shape index (κ3) is 3.23. The summed E-state index contributed by atoms with van der Waals surface area (Å²) in [5.41, 5.74) is -0.266. The third-order valence-electron chi connectivity index (χ3n) is 3.26. The van der Waals surface area contributed by atoms with Crippen molar-refractivity contribution >= 4 is 6.03 Å². The zero-order valence-electron chi connectivity index (χ0n) is 11.3. The fourth-order valence-corrected chi connectivity index (χ4v) is 2.15. The molecule has 1 heterocycles. The molecule has 1 fully saturated rings. The molecule has 0 spiro atoms. The van der Waals surface area contributed by atoms with Gasteiger partial charge in [-0.05, 0) is 19.9 Å². The first-order valence-electron chi connectivity index (χ1n) is 6.40. The first-order valence-corrected chi connectivity index (χ1v) is 6.40. The second kappa shape index (κ2) is 5.57. The Kier molecular flexibility index (Phi) is 4.04. The van der Waals surface area contributed by atoms with Crippen LogP contribution in [0.2, 0.25) is 0 Å². The highest BCUT2D eigenvalue weighted by Gasteiger charge is 2.28. The summed E-state index contributed by atoms with van der Waals surface area (Å²) in [5.74, 6) is -0.310. The molecular formula is C14H19FN2O2. The van der Waals surface area contributed by atoms with Crippen LogP contribution in [-0.2, 0) is 10.3 Å². The summed E-state index contributed by atoms with van der Waals surface area (Å²) in [6.45, 7) is 5.83. The summed E-state index contributed by atoms with van der Waals surface area (Å²) in [5, 5.41) is 2.87. The first kappa shape index (κ1) is 13.8. The van der Waals surface area contributed by atoms with Crippen LogP contribution in [0.25, 0.3) is 0 Å². The highest BCUT2D eigenvalue weighted by atomic mass is 19.1. The second-order valence-corrected chi connectivity index (χ2v) is 5.13. The Labute approximate surface area is 112 Å². The predicted octanol–water partition coefficient (Wildman–Crippen LogP) is 2.10. The van der Waals surface area contributed by atoms with Gasteiger partial charge in [0.2, 0.25) is 0 Å². The predicted molar refractivity (Wildman–Crippen MR) is 70.3 cm³/mol. The van der Waals surface area contributed by atoms with E-state index in [4.69, 9.17) is 4.74 Å². The summed E-state index contributed by atoms with van der Waals surface area (Å²) in [6, 6.07) is 6.31. The molecule has 19 heavy (non-hydrogen) atoms. The molecule has 1 aromatic carbocycles. The highest BCUT2D eigenvalue weighted by Crippen LogP contribution is 2.23. The Hall–Kier alpha value is -1.62. The minimum absolute atomic E-state index is 0.184. The van der Waals surface area contributed by atoms with E-state index in [2.05, 4.69) is 5.32 Å². The van der Waals surface area contributed by atoms with Crippen molar-refractivity contribution in [3.63, 3.8) is 0 Å². The average molecular weight is 266 g/mol. The molecule has 0 aromatic heterocycles. The van der Waals surface area contributed by atoms with Crippen LogP contribution in [0.15, 0.2) is 24.3 Å². The molecule has 2 rings (SSSR count). The van der Waals surface area contributed by atoms with Gasteiger partial charge in [0.05, 0.1) is 18.8 Å². The Morgan fingerprint density at radius 1 is 1.32 bits per heavy atom. The number of amides is 2. The van der Waals surface area contributed by atoms with Crippen molar-refractivity contribution in [3.8, 4) is 0 Å². The Morgan fingerprint density at radius 3 is 2.58 bits per heavy atom. The second-order valence-electron chi connectivity index (χ2n) is 5.13. The van der Waals surface area contributed by atoms with Gasteiger partial charge in [0.1, 0.15) is 5.82 Å². The average Bonchev–Trinajstić information content (AvgIpc) is 2.39. The minimum atomic E-state index is -0.749. The summed E-state index contributed by atoms with van der Waals surface area (Å²) >= 11 is 0. The van der Waals surface area contributed by atoms with E-state index in [1.165, 1.54) is 6.07 Å². The normalized spacial score (nSPS) is 16.3. The van der Waals surface area contributed by atoms with Crippen LogP contribution in [-0.4, -0.2) is 37.2 Å². The van der Waals surface area contributed by atoms with Crippen LogP contribution in [0, 0.1) is 5.82 Å². The van der Waals surface area contributed by atoms with Gasteiger partial charge in [-0.2, -0.15) is 0 Å². The molecule has 0 bridgehead atoms. The number of morpholine rings is 1. The van der Waals surface area contributed by atoms with E-state index in [9.17, 15) is 9.18 Å². The van der Waals surface area contributed by atoms with Gasteiger partial charge in [0.15, 0.2) is 0 Å². The van der Waals surface area contributed by atoms with Crippen LogP contribution in [0.5, 0.6) is 0 Å². The minimum Gasteiger partial charge on any atom is -0.378 e. The van der Waals surface area contributed by atoms with Crippen LogP contribution < -0.4 is 5.32 Å². The third-order valence-corrected chi connectivity index (χ3v) is 3.26. The molecule has 0 atom stereocenters. The van der Waals surface area contributed by atoms with Crippen LogP contribution in [0.1, 0.15) is 19.4 Å². The lowest BCUT2D eigenvalue weighted by atomic mass is 9.94. The quantitative estimate of drug-likeness (QED) is 0.890. The number of rotatable bonds is 2. The van der Waals surface area contributed by atoms with E-state index in [-0.39, 0.29) is 11.8 Å². The topological polar surface area (TPSA) is 41.6 Å². The van der Waals surface area contributed by atoms with E-state index in [1.54, 1.807) is 36.9 Å². The number of hydrogen-bond acceptors (Lipinski definition) is 2. The Balaban J connectivity index is 2.08. The van der Waals surface area contributed by atoms with Crippen LogP contribution >= 0.6 is 0 Å². The van der Waals surface area contributed by atoms with E-state index >= 15 is 0 Å².